The third kappa shape index (κ3) is 2.63. The lowest BCUT2D eigenvalue weighted by Crippen LogP contribution is -2.39. The summed E-state index contributed by atoms with van der Waals surface area (Å²) in [6.45, 7) is 3.47. The topological polar surface area (TPSA) is 146 Å². The highest BCUT2D eigenvalue weighted by Crippen LogP contribution is 2.57. The van der Waals surface area contributed by atoms with Gasteiger partial charge in [0.2, 0.25) is 6.79 Å². The van der Waals surface area contributed by atoms with Crippen molar-refractivity contribution in [3.63, 3.8) is 0 Å². The summed E-state index contributed by atoms with van der Waals surface area (Å²) in [7, 11) is 0. The van der Waals surface area contributed by atoms with Crippen molar-refractivity contribution in [1.82, 2.24) is 0 Å². The summed E-state index contributed by atoms with van der Waals surface area (Å²) in [4.78, 5) is 23.9. The summed E-state index contributed by atoms with van der Waals surface area (Å²) in [5.74, 6) is -1.28. The maximum atomic E-state index is 12.7. The van der Waals surface area contributed by atoms with E-state index in [0.29, 0.717) is 0 Å². The lowest BCUT2D eigenvalue weighted by atomic mass is 9.57. The van der Waals surface area contributed by atoms with Gasteiger partial charge in [0.15, 0.2) is 22.7 Å². The normalized spacial score (nSPS) is 23.1. The van der Waals surface area contributed by atoms with Crippen molar-refractivity contribution >= 4 is 11.5 Å². The Labute approximate surface area is 171 Å². The minimum absolute atomic E-state index is 0.0305. The van der Waals surface area contributed by atoms with E-state index in [0.717, 1.165) is 0 Å². The second-order valence-electron chi connectivity index (χ2n) is 8.28. The van der Waals surface area contributed by atoms with Crippen LogP contribution >= 0.6 is 0 Å². The van der Waals surface area contributed by atoms with Crippen molar-refractivity contribution in [2.75, 3.05) is 6.79 Å². The van der Waals surface area contributed by atoms with Crippen molar-refractivity contribution < 1.29 is 24.3 Å². The summed E-state index contributed by atoms with van der Waals surface area (Å²) < 4.78 is 10.5. The number of nitriles is 2. The average Bonchev–Trinajstić information content (AvgIpc) is 3.13. The molecule has 1 unspecified atom stereocenters. The smallest absolute Gasteiger partial charge is 0.276 e. The van der Waals surface area contributed by atoms with E-state index in [1.807, 2.05) is 12.1 Å². The monoisotopic (exact) mass is 407 g/mol. The Morgan fingerprint density at radius 2 is 1.87 bits per heavy atom. The van der Waals surface area contributed by atoms with E-state index in [4.69, 9.17) is 9.47 Å². The van der Waals surface area contributed by atoms with Crippen LogP contribution in [0.3, 0.4) is 0 Å². The molecule has 2 aliphatic carbocycles. The van der Waals surface area contributed by atoms with Crippen molar-refractivity contribution in [3.05, 3.63) is 50.8 Å². The van der Waals surface area contributed by atoms with E-state index < -0.39 is 21.7 Å². The number of fused-ring (bicyclic) bond motifs is 2. The van der Waals surface area contributed by atoms with Gasteiger partial charge >= 0.3 is 0 Å². The molecule has 9 heteroatoms. The number of ketones is 1. The predicted octanol–water partition coefficient (Wildman–Crippen LogP) is 3.58. The van der Waals surface area contributed by atoms with Crippen LogP contribution in [-0.4, -0.2) is 22.6 Å². The SMILES string of the molecule is CC1(C)C=C2C(=C(O)CC(c3cc4c(cc3[N+](=O)[O-])OCO4)C2(C#N)C#N)C(=O)C1. The zero-order chi connectivity index (χ0) is 21.8. The Balaban J connectivity index is 2.02. The number of carbonyl (C=O) groups excluding carboxylic acids is 1. The minimum Gasteiger partial charge on any atom is -0.512 e. The molecule has 30 heavy (non-hydrogen) atoms. The fourth-order valence-corrected chi connectivity index (χ4v) is 4.46. The first-order valence-corrected chi connectivity index (χ1v) is 9.23. The third-order valence-electron chi connectivity index (χ3n) is 5.78. The number of Topliss-reactive ketones (excluding diaryl/α,β-unsaturated/α-hetero) is 1. The molecule has 0 aromatic heterocycles. The van der Waals surface area contributed by atoms with Crippen LogP contribution in [0.1, 0.15) is 38.2 Å². The highest BCUT2D eigenvalue weighted by Gasteiger charge is 2.54. The first-order valence-electron chi connectivity index (χ1n) is 9.23. The van der Waals surface area contributed by atoms with Gasteiger partial charge in [-0.25, -0.2) is 0 Å². The molecular formula is C21H17N3O6. The molecule has 1 aliphatic heterocycles. The van der Waals surface area contributed by atoms with Crippen LogP contribution in [0, 0.1) is 43.6 Å². The van der Waals surface area contributed by atoms with E-state index in [1.54, 1.807) is 19.9 Å². The van der Waals surface area contributed by atoms with Gasteiger partial charge < -0.3 is 14.6 Å². The molecule has 1 aromatic rings. The van der Waals surface area contributed by atoms with E-state index in [9.17, 15) is 30.5 Å². The number of nitrogens with zero attached hydrogens (tertiary/aromatic N) is 3. The number of ether oxygens (including phenoxy) is 2. The fraction of sp³-hybridized carbons (Fsp3) is 0.381. The summed E-state index contributed by atoms with van der Waals surface area (Å²) in [6, 6.07) is 6.58. The van der Waals surface area contributed by atoms with E-state index in [2.05, 4.69) is 0 Å². The van der Waals surface area contributed by atoms with Crippen molar-refractivity contribution in [3.8, 4) is 23.6 Å². The average molecular weight is 407 g/mol. The maximum Gasteiger partial charge on any atom is 0.276 e. The largest absolute Gasteiger partial charge is 0.512 e. The number of hydrogen-bond donors (Lipinski definition) is 1. The van der Waals surface area contributed by atoms with Gasteiger partial charge in [0.05, 0.1) is 28.7 Å². The first kappa shape index (κ1) is 19.5. The molecule has 0 saturated carbocycles. The highest BCUT2D eigenvalue weighted by molar-refractivity contribution is 6.03. The van der Waals surface area contributed by atoms with Gasteiger partial charge in [-0.2, -0.15) is 10.5 Å². The maximum absolute atomic E-state index is 12.7. The Kier molecular flexibility index (Phi) is 4.11. The van der Waals surface area contributed by atoms with Gasteiger partial charge in [-0.05, 0) is 17.1 Å². The first-order chi connectivity index (χ1) is 14.1. The second kappa shape index (κ2) is 6.33. The molecule has 4 rings (SSSR count). The third-order valence-corrected chi connectivity index (χ3v) is 5.78. The summed E-state index contributed by atoms with van der Waals surface area (Å²) in [6.07, 6.45) is 1.51. The summed E-state index contributed by atoms with van der Waals surface area (Å²) >= 11 is 0. The van der Waals surface area contributed by atoms with Crippen LogP contribution in [0.5, 0.6) is 11.5 Å². The molecule has 1 aromatic carbocycles. The van der Waals surface area contributed by atoms with Crippen LogP contribution in [0.25, 0.3) is 0 Å². The van der Waals surface area contributed by atoms with Gasteiger partial charge in [0.25, 0.3) is 5.69 Å². The van der Waals surface area contributed by atoms with Crippen LogP contribution in [0.2, 0.25) is 0 Å². The number of benzene rings is 1. The van der Waals surface area contributed by atoms with Gasteiger partial charge in [-0.3, -0.25) is 14.9 Å². The number of hydrogen-bond acceptors (Lipinski definition) is 8. The zero-order valence-electron chi connectivity index (χ0n) is 16.3. The quantitative estimate of drug-likeness (QED) is 0.578. The zero-order valence-corrected chi connectivity index (χ0v) is 16.3. The highest BCUT2D eigenvalue weighted by atomic mass is 16.7. The van der Waals surface area contributed by atoms with E-state index >= 15 is 0 Å². The van der Waals surface area contributed by atoms with Crippen LogP contribution in [0.15, 0.2) is 35.1 Å². The molecule has 0 amide bonds. The molecule has 3 aliphatic rings. The van der Waals surface area contributed by atoms with Gasteiger partial charge in [0, 0.05) is 24.3 Å². The number of aliphatic hydroxyl groups is 1. The van der Waals surface area contributed by atoms with Crippen LogP contribution in [0.4, 0.5) is 5.69 Å². The molecule has 0 saturated heterocycles. The van der Waals surface area contributed by atoms with E-state index in [-0.39, 0.29) is 65.1 Å². The van der Waals surface area contributed by atoms with Gasteiger partial charge in [0.1, 0.15) is 5.76 Å². The molecule has 1 atom stereocenters. The molecule has 0 radical (unpaired) electrons. The number of allylic oxidation sites excluding steroid dienone is 4. The molecular weight excluding hydrogens is 390 g/mol. The summed E-state index contributed by atoms with van der Waals surface area (Å²) in [5.41, 5.74) is -2.75. The van der Waals surface area contributed by atoms with Gasteiger partial charge in [-0.15, -0.1) is 0 Å². The van der Waals surface area contributed by atoms with Crippen molar-refractivity contribution in [2.24, 2.45) is 10.8 Å². The minimum atomic E-state index is -1.90. The lowest BCUT2D eigenvalue weighted by Gasteiger charge is -2.41. The fourth-order valence-electron chi connectivity index (χ4n) is 4.46. The van der Waals surface area contributed by atoms with Crippen molar-refractivity contribution in [1.29, 1.82) is 10.5 Å². The molecule has 9 nitrogen and oxygen atoms in total. The number of rotatable bonds is 2. The Hall–Kier alpha value is -3.85. The van der Waals surface area contributed by atoms with Crippen molar-refractivity contribution in [2.45, 2.75) is 32.6 Å². The molecule has 0 spiro atoms. The molecule has 152 valence electrons. The standard InChI is InChI=1S/C21H17N3O6/c1-20(2)6-13-19(16(26)7-20)15(25)4-12(21(13,8-22)9-23)11-3-17-18(30-10-29-17)5-14(11)24(27)28/h3,5-6,12,25H,4,7,10H2,1-2H3. The molecule has 1 N–H and O–H groups in total. The Bertz CT molecular complexity index is 1130. The number of nitro benzene ring substituents is 1. The number of nitro groups is 1. The Morgan fingerprint density at radius 3 is 2.47 bits per heavy atom. The molecule has 1 heterocycles. The van der Waals surface area contributed by atoms with Crippen LogP contribution in [-0.2, 0) is 4.79 Å². The number of carbonyl (C=O) groups is 1. The lowest BCUT2D eigenvalue weighted by molar-refractivity contribution is -0.385. The second-order valence-corrected chi connectivity index (χ2v) is 8.28. The molecule has 0 bridgehead atoms. The molecule has 0 fully saturated rings. The predicted molar refractivity (Wildman–Crippen MR) is 101 cm³/mol. The summed E-state index contributed by atoms with van der Waals surface area (Å²) in [5, 5.41) is 42.7. The Morgan fingerprint density at radius 1 is 1.23 bits per heavy atom. The van der Waals surface area contributed by atoms with Crippen LogP contribution < -0.4 is 9.47 Å². The number of aliphatic hydroxyl groups excluding tert-OH is 1. The van der Waals surface area contributed by atoms with E-state index in [1.165, 1.54) is 12.1 Å². The van der Waals surface area contributed by atoms with Gasteiger partial charge in [-0.1, -0.05) is 19.9 Å².